The Morgan fingerprint density at radius 2 is 2.35 bits per heavy atom. The molecule has 0 aromatic carbocycles. The number of hydrogen-bond acceptors (Lipinski definition) is 4. The van der Waals surface area contributed by atoms with Crippen LogP contribution in [0.3, 0.4) is 0 Å². The van der Waals surface area contributed by atoms with Crippen LogP contribution in [0, 0.1) is 5.92 Å². The lowest BCUT2D eigenvalue weighted by molar-refractivity contribution is -0.117. The van der Waals surface area contributed by atoms with Crippen molar-refractivity contribution >= 4 is 11.7 Å². The minimum Gasteiger partial charge on any atom is -0.363 e. The molecular weight excluding hydrogens is 218 g/mol. The SMILES string of the molecule is O=C(Nc1ccon1)C1CC2CCCCC2N1. The average Bonchev–Trinajstić information content (AvgIpc) is 2.96. The summed E-state index contributed by atoms with van der Waals surface area (Å²) in [6.07, 6.45) is 7.46. The predicted molar refractivity (Wildman–Crippen MR) is 62.4 cm³/mol. The van der Waals surface area contributed by atoms with Crippen molar-refractivity contribution in [3.63, 3.8) is 0 Å². The summed E-state index contributed by atoms with van der Waals surface area (Å²) in [5.41, 5.74) is 0. The summed E-state index contributed by atoms with van der Waals surface area (Å²) in [7, 11) is 0. The summed E-state index contributed by atoms with van der Waals surface area (Å²) in [6, 6.07) is 2.12. The van der Waals surface area contributed by atoms with Gasteiger partial charge in [0.1, 0.15) is 6.26 Å². The molecule has 0 bridgehead atoms. The van der Waals surface area contributed by atoms with Gasteiger partial charge in [-0.15, -0.1) is 0 Å². The van der Waals surface area contributed by atoms with Crippen molar-refractivity contribution in [1.82, 2.24) is 10.5 Å². The number of fused-ring (bicyclic) bond motifs is 1. The summed E-state index contributed by atoms with van der Waals surface area (Å²) in [4.78, 5) is 12.0. The second kappa shape index (κ2) is 4.49. The molecule has 1 aliphatic heterocycles. The van der Waals surface area contributed by atoms with E-state index in [1.807, 2.05) is 0 Å². The van der Waals surface area contributed by atoms with E-state index in [9.17, 15) is 4.79 Å². The van der Waals surface area contributed by atoms with Gasteiger partial charge in [0.25, 0.3) is 0 Å². The second-order valence-corrected chi connectivity index (χ2v) is 4.98. The summed E-state index contributed by atoms with van der Waals surface area (Å²) in [5.74, 6) is 1.18. The summed E-state index contributed by atoms with van der Waals surface area (Å²) in [6.45, 7) is 0. The van der Waals surface area contributed by atoms with Gasteiger partial charge < -0.3 is 15.2 Å². The molecule has 0 spiro atoms. The monoisotopic (exact) mass is 235 g/mol. The van der Waals surface area contributed by atoms with Gasteiger partial charge in [0, 0.05) is 12.1 Å². The van der Waals surface area contributed by atoms with E-state index in [1.54, 1.807) is 6.07 Å². The van der Waals surface area contributed by atoms with Crippen molar-refractivity contribution in [2.75, 3.05) is 5.32 Å². The normalized spacial score (nSPS) is 32.1. The first kappa shape index (κ1) is 10.8. The Balaban J connectivity index is 1.60. The highest BCUT2D eigenvalue weighted by Crippen LogP contribution is 2.33. The average molecular weight is 235 g/mol. The molecule has 2 N–H and O–H groups in total. The van der Waals surface area contributed by atoms with Crippen LogP contribution < -0.4 is 10.6 Å². The molecule has 3 atom stereocenters. The number of carbonyl (C=O) groups is 1. The van der Waals surface area contributed by atoms with Crippen LogP contribution in [0.25, 0.3) is 0 Å². The third-order valence-corrected chi connectivity index (χ3v) is 3.87. The van der Waals surface area contributed by atoms with E-state index in [1.165, 1.54) is 31.9 Å². The molecule has 3 unspecified atom stereocenters. The maximum Gasteiger partial charge on any atom is 0.242 e. The van der Waals surface area contributed by atoms with Crippen molar-refractivity contribution in [1.29, 1.82) is 0 Å². The molecule has 2 aliphatic rings. The standard InChI is InChI=1S/C12H17N3O2/c16-12(14-11-5-6-17-15-11)10-7-8-3-1-2-4-9(8)13-10/h5-6,8-10,13H,1-4,7H2,(H,14,15,16). The predicted octanol–water partition coefficient (Wildman–Crippen LogP) is 1.53. The number of nitrogens with zero attached hydrogens (tertiary/aromatic N) is 1. The summed E-state index contributed by atoms with van der Waals surface area (Å²) >= 11 is 0. The molecule has 5 nitrogen and oxygen atoms in total. The lowest BCUT2D eigenvalue weighted by atomic mass is 9.85. The van der Waals surface area contributed by atoms with Crippen LogP contribution in [-0.2, 0) is 4.79 Å². The highest BCUT2D eigenvalue weighted by Gasteiger charge is 2.38. The van der Waals surface area contributed by atoms with Crippen LogP contribution >= 0.6 is 0 Å². The van der Waals surface area contributed by atoms with E-state index < -0.39 is 0 Å². The minimum atomic E-state index is -0.0696. The molecule has 5 heteroatoms. The van der Waals surface area contributed by atoms with Crippen molar-refractivity contribution in [2.45, 2.75) is 44.2 Å². The highest BCUT2D eigenvalue weighted by atomic mass is 16.5. The fraction of sp³-hybridized carbons (Fsp3) is 0.667. The van der Waals surface area contributed by atoms with Crippen LogP contribution in [-0.4, -0.2) is 23.1 Å². The Labute approximate surface area is 99.9 Å². The molecule has 1 aliphatic carbocycles. The van der Waals surface area contributed by atoms with Gasteiger partial charge in [-0.05, 0) is 25.2 Å². The van der Waals surface area contributed by atoms with Gasteiger partial charge in [0.05, 0.1) is 6.04 Å². The van der Waals surface area contributed by atoms with E-state index in [2.05, 4.69) is 20.3 Å². The summed E-state index contributed by atoms with van der Waals surface area (Å²) < 4.78 is 4.69. The molecule has 1 amide bonds. The Bertz CT molecular complexity index is 376. The molecule has 2 fully saturated rings. The Morgan fingerprint density at radius 1 is 1.47 bits per heavy atom. The summed E-state index contributed by atoms with van der Waals surface area (Å²) in [5, 5.41) is 9.89. The first-order valence-corrected chi connectivity index (χ1v) is 6.30. The van der Waals surface area contributed by atoms with Gasteiger partial charge in [-0.3, -0.25) is 4.79 Å². The third kappa shape index (κ3) is 2.20. The largest absolute Gasteiger partial charge is 0.363 e. The Kier molecular flexibility index (Phi) is 2.84. The maximum absolute atomic E-state index is 12.0. The fourth-order valence-electron chi connectivity index (χ4n) is 3.01. The zero-order valence-corrected chi connectivity index (χ0v) is 9.69. The maximum atomic E-state index is 12.0. The van der Waals surface area contributed by atoms with E-state index in [-0.39, 0.29) is 11.9 Å². The van der Waals surface area contributed by atoms with Crippen molar-refractivity contribution < 1.29 is 9.32 Å². The van der Waals surface area contributed by atoms with Gasteiger partial charge in [0.15, 0.2) is 5.82 Å². The topological polar surface area (TPSA) is 67.2 Å². The molecule has 1 saturated heterocycles. The fourth-order valence-corrected chi connectivity index (χ4v) is 3.01. The Hall–Kier alpha value is -1.36. The molecule has 17 heavy (non-hydrogen) atoms. The van der Waals surface area contributed by atoms with Crippen molar-refractivity contribution in [3.05, 3.63) is 12.3 Å². The lowest BCUT2D eigenvalue weighted by Crippen LogP contribution is -2.39. The van der Waals surface area contributed by atoms with Crippen LogP contribution in [0.4, 0.5) is 5.82 Å². The van der Waals surface area contributed by atoms with Crippen molar-refractivity contribution in [3.8, 4) is 0 Å². The van der Waals surface area contributed by atoms with Gasteiger partial charge in [-0.25, -0.2) is 0 Å². The molecule has 1 aromatic rings. The molecule has 3 rings (SSSR count). The molecule has 2 heterocycles. The number of rotatable bonds is 2. The van der Waals surface area contributed by atoms with Crippen LogP contribution in [0.5, 0.6) is 0 Å². The van der Waals surface area contributed by atoms with Crippen molar-refractivity contribution in [2.24, 2.45) is 5.92 Å². The minimum absolute atomic E-state index is 0.00769. The molecule has 0 radical (unpaired) electrons. The number of aromatic nitrogens is 1. The highest BCUT2D eigenvalue weighted by molar-refractivity contribution is 5.94. The third-order valence-electron chi connectivity index (χ3n) is 3.87. The lowest BCUT2D eigenvalue weighted by Gasteiger charge is -2.24. The number of hydrogen-bond donors (Lipinski definition) is 2. The number of amides is 1. The van der Waals surface area contributed by atoms with Gasteiger partial charge in [-0.2, -0.15) is 0 Å². The van der Waals surface area contributed by atoms with Crippen LogP contribution in [0.1, 0.15) is 32.1 Å². The van der Waals surface area contributed by atoms with Crippen LogP contribution in [0.15, 0.2) is 16.9 Å². The van der Waals surface area contributed by atoms with Gasteiger partial charge in [-0.1, -0.05) is 18.0 Å². The molecule has 1 aromatic heterocycles. The quantitative estimate of drug-likeness (QED) is 0.815. The van der Waals surface area contributed by atoms with Gasteiger partial charge >= 0.3 is 0 Å². The number of anilines is 1. The number of nitrogens with one attached hydrogen (secondary N) is 2. The van der Waals surface area contributed by atoms with E-state index in [4.69, 9.17) is 0 Å². The molecule has 92 valence electrons. The smallest absolute Gasteiger partial charge is 0.242 e. The van der Waals surface area contributed by atoms with E-state index >= 15 is 0 Å². The van der Waals surface area contributed by atoms with Gasteiger partial charge in [0.2, 0.25) is 5.91 Å². The van der Waals surface area contributed by atoms with E-state index in [0.29, 0.717) is 17.8 Å². The molecule has 1 saturated carbocycles. The molecular formula is C12H17N3O2. The second-order valence-electron chi connectivity index (χ2n) is 4.98. The van der Waals surface area contributed by atoms with Crippen LogP contribution in [0.2, 0.25) is 0 Å². The number of carbonyl (C=O) groups excluding carboxylic acids is 1. The zero-order chi connectivity index (χ0) is 11.7. The zero-order valence-electron chi connectivity index (χ0n) is 9.69. The Morgan fingerprint density at radius 3 is 3.12 bits per heavy atom. The first-order valence-electron chi connectivity index (χ1n) is 6.30. The first-order chi connectivity index (χ1) is 8.33. The van der Waals surface area contributed by atoms with E-state index in [0.717, 1.165) is 6.42 Å².